The van der Waals surface area contributed by atoms with Gasteiger partial charge in [0.15, 0.2) is 11.6 Å². The van der Waals surface area contributed by atoms with Gasteiger partial charge in [-0.1, -0.05) is 40.2 Å². The third-order valence-electron chi connectivity index (χ3n) is 3.15. The minimum atomic E-state index is -0.800. The average molecular weight is 354 g/mol. The van der Waals surface area contributed by atoms with Crippen LogP contribution in [0, 0.1) is 18.6 Å². The maximum Gasteiger partial charge on any atom is 0.224 e. The molecule has 0 unspecified atom stereocenters. The lowest BCUT2D eigenvalue weighted by molar-refractivity contribution is -0.116. The third kappa shape index (κ3) is 4.11. The third-order valence-corrected chi connectivity index (χ3v) is 3.61. The molecule has 0 atom stereocenters. The van der Waals surface area contributed by atoms with E-state index in [2.05, 4.69) is 21.2 Å². The number of carbonyl (C=O) groups excluding carboxylic acids is 1. The lowest BCUT2D eigenvalue weighted by Gasteiger charge is -2.09. The molecule has 2 aromatic rings. The summed E-state index contributed by atoms with van der Waals surface area (Å²) in [7, 11) is 0. The molecule has 1 N–H and O–H groups in total. The first-order valence-corrected chi connectivity index (χ1v) is 7.25. The molecule has 0 fully saturated rings. The standard InChI is InChI=1S/C16H14BrF2NO/c1-10-4-2-3-5-11(10)6-7-15(21)20-16-13(18)8-12(17)9-14(16)19/h2-5,8-9H,6-7H2,1H3,(H,20,21). The lowest BCUT2D eigenvalue weighted by atomic mass is 10.0. The van der Waals surface area contributed by atoms with Gasteiger partial charge < -0.3 is 5.32 Å². The van der Waals surface area contributed by atoms with Gasteiger partial charge in [-0.15, -0.1) is 0 Å². The highest BCUT2D eigenvalue weighted by atomic mass is 79.9. The summed E-state index contributed by atoms with van der Waals surface area (Å²) in [5.74, 6) is -2.02. The van der Waals surface area contributed by atoms with Crippen LogP contribution in [0.3, 0.4) is 0 Å². The highest BCUT2D eigenvalue weighted by Crippen LogP contribution is 2.24. The summed E-state index contributed by atoms with van der Waals surface area (Å²) in [6, 6.07) is 9.94. The first kappa shape index (κ1) is 15.6. The first-order valence-electron chi connectivity index (χ1n) is 6.46. The van der Waals surface area contributed by atoms with Gasteiger partial charge in [0.05, 0.1) is 0 Å². The van der Waals surface area contributed by atoms with Crippen LogP contribution in [-0.2, 0) is 11.2 Å². The van der Waals surface area contributed by atoms with Crippen molar-refractivity contribution in [3.63, 3.8) is 0 Å². The predicted octanol–water partition coefficient (Wildman–Crippen LogP) is 4.61. The van der Waals surface area contributed by atoms with E-state index in [1.165, 1.54) is 0 Å². The molecule has 0 bridgehead atoms. The normalized spacial score (nSPS) is 10.5. The van der Waals surface area contributed by atoms with Gasteiger partial charge in [-0.25, -0.2) is 8.78 Å². The Hall–Kier alpha value is -1.75. The Morgan fingerprint density at radius 3 is 2.43 bits per heavy atom. The van der Waals surface area contributed by atoms with Crippen LogP contribution in [0.4, 0.5) is 14.5 Å². The number of anilines is 1. The van der Waals surface area contributed by atoms with Crippen molar-refractivity contribution in [2.75, 3.05) is 5.32 Å². The molecule has 2 rings (SSSR count). The molecule has 0 saturated carbocycles. The molecular formula is C16H14BrF2NO. The van der Waals surface area contributed by atoms with Crippen molar-refractivity contribution in [1.82, 2.24) is 0 Å². The minimum Gasteiger partial charge on any atom is -0.321 e. The van der Waals surface area contributed by atoms with E-state index in [1.54, 1.807) is 0 Å². The molecular weight excluding hydrogens is 340 g/mol. The van der Waals surface area contributed by atoms with E-state index in [1.807, 2.05) is 31.2 Å². The van der Waals surface area contributed by atoms with Gasteiger partial charge >= 0.3 is 0 Å². The number of benzene rings is 2. The minimum absolute atomic E-state index is 0.166. The van der Waals surface area contributed by atoms with Crippen LogP contribution in [0.5, 0.6) is 0 Å². The maximum atomic E-state index is 13.6. The first-order chi connectivity index (χ1) is 9.97. The van der Waals surface area contributed by atoms with Crippen molar-refractivity contribution in [2.24, 2.45) is 0 Å². The summed E-state index contributed by atoms with van der Waals surface area (Å²) in [4.78, 5) is 11.8. The zero-order valence-corrected chi connectivity index (χ0v) is 13.0. The second-order valence-electron chi connectivity index (χ2n) is 4.72. The Labute approximate surface area is 130 Å². The fourth-order valence-corrected chi connectivity index (χ4v) is 2.40. The molecule has 5 heteroatoms. The summed E-state index contributed by atoms with van der Waals surface area (Å²) in [6.07, 6.45) is 0.693. The largest absolute Gasteiger partial charge is 0.321 e. The Bertz CT molecular complexity index is 650. The molecule has 0 aliphatic rings. The number of hydrogen-bond acceptors (Lipinski definition) is 1. The van der Waals surface area contributed by atoms with Crippen LogP contribution in [0.15, 0.2) is 40.9 Å². The highest BCUT2D eigenvalue weighted by Gasteiger charge is 2.13. The smallest absolute Gasteiger partial charge is 0.224 e. The van der Waals surface area contributed by atoms with E-state index < -0.39 is 23.2 Å². The second-order valence-corrected chi connectivity index (χ2v) is 5.63. The van der Waals surface area contributed by atoms with E-state index in [9.17, 15) is 13.6 Å². The molecule has 0 radical (unpaired) electrons. The van der Waals surface area contributed by atoms with Crippen LogP contribution in [0.1, 0.15) is 17.5 Å². The van der Waals surface area contributed by atoms with Gasteiger partial charge in [0.1, 0.15) is 5.69 Å². The number of nitrogens with one attached hydrogen (secondary N) is 1. The van der Waals surface area contributed by atoms with Crippen LogP contribution in [0.25, 0.3) is 0 Å². The van der Waals surface area contributed by atoms with Crippen molar-refractivity contribution >= 4 is 27.5 Å². The topological polar surface area (TPSA) is 29.1 Å². The molecule has 0 aliphatic heterocycles. The van der Waals surface area contributed by atoms with E-state index in [4.69, 9.17) is 0 Å². The Balaban J connectivity index is 2.01. The van der Waals surface area contributed by atoms with Crippen molar-refractivity contribution in [3.8, 4) is 0 Å². The Morgan fingerprint density at radius 1 is 1.19 bits per heavy atom. The SMILES string of the molecule is Cc1ccccc1CCC(=O)Nc1c(F)cc(Br)cc1F. The number of halogens is 3. The van der Waals surface area contributed by atoms with Crippen molar-refractivity contribution in [3.05, 3.63) is 63.6 Å². The fourth-order valence-electron chi connectivity index (χ4n) is 2.00. The van der Waals surface area contributed by atoms with Crippen LogP contribution in [-0.4, -0.2) is 5.91 Å². The molecule has 0 heterocycles. The van der Waals surface area contributed by atoms with Gasteiger partial charge in [0.25, 0.3) is 0 Å². The molecule has 0 saturated heterocycles. The van der Waals surface area contributed by atoms with E-state index in [0.29, 0.717) is 6.42 Å². The van der Waals surface area contributed by atoms with Gasteiger partial charge in [0, 0.05) is 10.9 Å². The number of aryl methyl sites for hydroxylation is 2. The van der Waals surface area contributed by atoms with Gasteiger partial charge in [-0.3, -0.25) is 4.79 Å². The molecule has 110 valence electrons. The van der Waals surface area contributed by atoms with E-state index in [-0.39, 0.29) is 10.9 Å². The van der Waals surface area contributed by atoms with Crippen LogP contribution in [0.2, 0.25) is 0 Å². The van der Waals surface area contributed by atoms with Gasteiger partial charge in [-0.05, 0) is 36.6 Å². The summed E-state index contributed by atoms with van der Waals surface area (Å²) in [6.45, 7) is 1.96. The number of hydrogen-bond donors (Lipinski definition) is 1. The molecule has 0 aromatic heterocycles. The van der Waals surface area contributed by atoms with Gasteiger partial charge in [0.2, 0.25) is 5.91 Å². The summed E-state index contributed by atoms with van der Waals surface area (Å²) in [5.41, 5.74) is 1.73. The van der Waals surface area contributed by atoms with Crippen molar-refractivity contribution in [1.29, 1.82) is 0 Å². The van der Waals surface area contributed by atoms with Crippen LogP contribution >= 0.6 is 15.9 Å². The van der Waals surface area contributed by atoms with Crippen molar-refractivity contribution < 1.29 is 13.6 Å². The number of rotatable bonds is 4. The highest BCUT2D eigenvalue weighted by molar-refractivity contribution is 9.10. The molecule has 2 nitrogen and oxygen atoms in total. The summed E-state index contributed by atoms with van der Waals surface area (Å²) < 4.78 is 27.5. The van der Waals surface area contributed by atoms with Crippen LogP contribution < -0.4 is 5.32 Å². The Morgan fingerprint density at radius 2 is 1.81 bits per heavy atom. The summed E-state index contributed by atoms with van der Waals surface area (Å²) >= 11 is 2.99. The monoisotopic (exact) mass is 353 g/mol. The number of carbonyl (C=O) groups is 1. The van der Waals surface area contributed by atoms with Gasteiger partial charge in [-0.2, -0.15) is 0 Å². The second kappa shape index (κ2) is 6.80. The fraction of sp³-hybridized carbons (Fsp3) is 0.188. The zero-order chi connectivity index (χ0) is 15.4. The molecule has 1 amide bonds. The quantitative estimate of drug-likeness (QED) is 0.854. The van der Waals surface area contributed by atoms with Crippen molar-refractivity contribution in [2.45, 2.75) is 19.8 Å². The predicted molar refractivity (Wildman–Crippen MR) is 82.2 cm³/mol. The molecule has 2 aromatic carbocycles. The zero-order valence-electron chi connectivity index (χ0n) is 11.4. The summed E-state index contributed by atoms with van der Waals surface area (Å²) in [5, 5.41) is 2.29. The number of amides is 1. The molecule has 0 aliphatic carbocycles. The Kier molecular flexibility index (Phi) is 5.07. The molecule has 0 spiro atoms. The maximum absolute atomic E-state index is 13.6. The average Bonchev–Trinajstić information content (AvgIpc) is 2.42. The van der Waals surface area contributed by atoms with E-state index >= 15 is 0 Å². The molecule has 21 heavy (non-hydrogen) atoms. The van der Waals surface area contributed by atoms with E-state index in [0.717, 1.165) is 23.3 Å². The lowest BCUT2D eigenvalue weighted by Crippen LogP contribution is -2.15.